The summed E-state index contributed by atoms with van der Waals surface area (Å²) in [4.78, 5) is 17.3. The van der Waals surface area contributed by atoms with Crippen molar-refractivity contribution in [2.24, 2.45) is 4.99 Å². The van der Waals surface area contributed by atoms with Gasteiger partial charge in [-0.2, -0.15) is 0 Å². The predicted molar refractivity (Wildman–Crippen MR) is 106 cm³/mol. The van der Waals surface area contributed by atoms with E-state index in [1.807, 2.05) is 0 Å². The topological polar surface area (TPSA) is 88.7 Å². The molecule has 2 heterocycles. The molecule has 6 nitrogen and oxygen atoms in total. The van der Waals surface area contributed by atoms with E-state index in [9.17, 15) is 22.7 Å². The van der Waals surface area contributed by atoms with Crippen LogP contribution in [0, 0.1) is 5.82 Å². The van der Waals surface area contributed by atoms with Crippen molar-refractivity contribution in [2.45, 2.75) is 12.5 Å². The van der Waals surface area contributed by atoms with Crippen LogP contribution in [-0.2, 0) is 9.84 Å². The molecule has 0 amide bonds. The van der Waals surface area contributed by atoms with Crippen molar-refractivity contribution >= 4 is 26.8 Å². The van der Waals surface area contributed by atoms with Crippen molar-refractivity contribution in [1.82, 2.24) is 4.57 Å². The summed E-state index contributed by atoms with van der Waals surface area (Å²) in [7, 11) is -3.08. The second-order valence-corrected chi connectivity index (χ2v) is 8.96. The number of nitrogens with zero attached hydrogens (tertiary/aromatic N) is 2. The molecule has 0 spiro atoms. The molecule has 8 heteroatoms. The quantitative estimate of drug-likeness (QED) is 0.684. The SMILES string of the molecule is O=c1c2ccccc2c(C=NC2CCS(=O)(=O)C2)c(O)n1-c1ccc(F)cc1. The Morgan fingerprint density at radius 2 is 1.79 bits per heavy atom. The summed E-state index contributed by atoms with van der Waals surface area (Å²) >= 11 is 0. The Morgan fingerprint density at radius 1 is 1.11 bits per heavy atom. The van der Waals surface area contributed by atoms with Gasteiger partial charge in [0.05, 0.1) is 28.8 Å². The molecule has 2 aromatic carbocycles. The monoisotopic (exact) mass is 400 g/mol. The Bertz CT molecular complexity index is 1250. The number of hydrogen-bond acceptors (Lipinski definition) is 5. The summed E-state index contributed by atoms with van der Waals surface area (Å²) in [6, 6.07) is 11.6. The highest BCUT2D eigenvalue weighted by Crippen LogP contribution is 2.26. The molecule has 0 saturated carbocycles. The van der Waals surface area contributed by atoms with Gasteiger partial charge < -0.3 is 5.11 Å². The molecule has 144 valence electrons. The minimum Gasteiger partial charge on any atom is -0.494 e. The largest absolute Gasteiger partial charge is 0.494 e. The Kier molecular flexibility index (Phi) is 4.50. The number of hydrogen-bond donors (Lipinski definition) is 1. The van der Waals surface area contributed by atoms with Crippen LogP contribution < -0.4 is 5.56 Å². The molecule has 0 bridgehead atoms. The number of aromatic nitrogens is 1. The maximum atomic E-state index is 13.3. The molecule has 4 rings (SSSR count). The van der Waals surface area contributed by atoms with Gasteiger partial charge in [0.2, 0.25) is 5.88 Å². The summed E-state index contributed by atoms with van der Waals surface area (Å²) < 4.78 is 37.7. The van der Waals surface area contributed by atoms with Crippen LogP contribution in [0.5, 0.6) is 5.88 Å². The molecule has 1 aromatic heterocycles. The van der Waals surface area contributed by atoms with Crippen LogP contribution in [0.3, 0.4) is 0 Å². The normalized spacial score (nSPS) is 18.8. The summed E-state index contributed by atoms with van der Waals surface area (Å²) in [5, 5.41) is 11.7. The molecule has 1 fully saturated rings. The van der Waals surface area contributed by atoms with Crippen LogP contribution in [-0.4, -0.2) is 41.9 Å². The third-order valence-electron chi connectivity index (χ3n) is 4.81. The number of sulfone groups is 1. The fourth-order valence-corrected chi connectivity index (χ4v) is 5.03. The molecule has 1 aliphatic heterocycles. The molecule has 28 heavy (non-hydrogen) atoms. The van der Waals surface area contributed by atoms with E-state index in [4.69, 9.17) is 0 Å². The first-order valence-corrected chi connectivity index (χ1v) is 10.5. The Hall–Kier alpha value is -3.00. The fourth-order valence-electron chi connectivity index (χ4n) is 3.39. The number of fused-ring (bicyclic) bond motifs is 1. The van der Waals surface area contributed by atoms with Crippen molar-refractivity contribution in [2.75, 3.05) is 11.5 Å². The van der Waals surface area contributed by atoms with E-state index >= 15 is 0 Å². The zero-order valence-corrected chi connectivity index (χ0v) is 15.6. The Morgan fingerprint density at radius 3 is 2.43 bits per heavy atom. The lowest BCUT2D eigenvalue weighted by molar-refractivity contribution is 0.436. The Labute approximate surface area is 160 Å². The average Bonchev–Trinajstić information content (AvgIpc) is 3.02. The van der Waals surface area contributed by atoms with Crippen molar-refractivity contribution in [3.8, 4) is 11.6 Å². The lowest BCUT2D eigenvalue weighted by atomic mass is 10.1. The third kappa shape index (κ3) is 3.31. The zero-order valence-electron chi connectivity index (χ0n) is 14.7. The molecule has 1 unspecified atom stereocenters. The van der Waals surface area contributed by atoms with Gasteiger partial charge in [-0.1, -0.05) is 18.2 Å². The highest BCUT2D eigenvalue weighted by Gasteiger charge is 2.27. The molecule has 1 aliphatic rings. The number of pyridine rings is 1. The lowest BCUT2D eigenvalue weighted by Crippen LogP contribution is -2.20. The van der Waals surface area contributed by atoms with E-state index in [-0.39, 0.29) is 23.4 Å². The maximum Gasteiger partial charge on any atom is 0.265 e. The highest BCUT2D eigenvalue weighted by molar-refractivity contribution is 7.91. The molecular weight excluding hydrogens is 383 g/mol. The van der Waals surface area contributed by atoms with Gasteiger partial charge in [-0.25, -0.2) is 17.4 Å². The Balaban J connectivity index is 1.90. The second-order valence-electron chi connectivity index (χ2n) is 6.73. The van der Waals surface area contributed by atoms with Crippen molar-refractivity contribution in [1.29, 1.82) is 0 Å². The average molecular weight is 400 g/mol. The van der Waals surface area contributed by atoms with E-state index in [2.05, 4.69) is 4.99 Å². The van der Waals surface area contributed by atoms with Crippen molar-refractivity contribution in [3.63, 3.8) is 0 Å². The predicted octanol–water partition coefficient (Wildman–Crippen LogP) is 2.44. The van der Waals surface area contributed by atoms with Crippen LogP contribution in [0.15, 0.2) is 58.3 Å². The summed E-state index contributed by atoms with van der Waals surface area (Å²) in [6.07, 6.45) is 1.85. The van der Waals surface area contributed by atoms with Gasteiger partial charge in [-0.15, -0.1) is 0 Å². The van der Waals surface area contributed by atoms with E-state index in [0.29, 0.717) is 28.4 Å². The van der Waals surface area contributed by atoms with Gasteiger partial charge in [0.25, 0.3) is 5.56 Å². The van der Waals surface area contributed by atoms with Gasteiger partial charge in [0, 0.05) is 17.0 Å². The number of aromatic hydroxyl groups is 1. The first kappa shape index (κ1) is 18.4. The third-order valence-corrected chi connectivity index (χ3v) is 6.56. The standard InChI is InChI=1S/C20H17FN2O4S/c21-13-5-7-15(8-6-13)23-19(24)17-4-2-1-3-16(17)18(20(23)25)11-22-14-9-10-28(26,27)12-14/h1-8,11,14,25H,9-10,12H2. The van der Waals surface area contributed by atoms with Gasteiger partial charge >= 0.3 is 0 Å². The van der Waals surface area contributed by atoms with E-state index < -0.39 is 21.2 Å². The lowest BCUT2D eigenvalue weighted by Gasteiger charge is -2.14. The van der Waals surface area contributed by atoms with Gasteiger partial charge in [-0.3, -0.25) is 9.79 Å². The number of rotatable bonds is 3. The molecule has 1 atom stereocenters. The van der Waals surface area contributed by atoms with E-state index in [1.165, 1.54) is 30.5 Å². The highest BCUT2D eigenvalue weighted by atomic mass is 32.2. The van der Waals surface area contributed by atoms with Crippen LogP contribution >= 0.6 is 0 Å². The summed E-state index contributed by atoms with van der Waals surface area (Å²) in [5.74, 6) is -0.724. The molecule has 3 aromatic rings. The maximum absolute atomic E-state index is 13.3. The fraction of sp³-hybridized carbons (Fsp3) is 0.200. The molecule has 0 aliphatic carbocycles. The van der Waals surface area contributed by atoms with E-state index in [1.54, 1.807) is 24.3 Å². The minimum absolute atomic E-state index is 0.0280. The molecule has 1 N–H and O–H groups in total. The second kappa shape index (κ2) is 6.87. The van der Waals surface area contributed by atoms with Gasteiger partial charge in [-0.05, 0) is 36.8 Å². The smallest absolute Gasteiger partial charge is 0.265 e. The van der Waals surface area contributed by atoms with Crippen LogP contribution in [0.1, 0.15) is 12.0 Å². The van der Waals surface area contributed by atoms with Crippen molar-refractivity contribution in [3.05, 3.63) is 70.3 Å². The first-order valence-electron chi connectivity index (χ1n) is 8.72. The molecular formula is C20H17FN2O4S. The zero-order chi connectivity index (χ0) is 19.9. The summed E-state index contributed by atoms with van der Waals surface area (Å²) in [5.41, 5.74) is 0.178. The number of aliphatic imine (C=N–C) groups is 1. The minimum atomic E-state index is -3.08. The van der Waals surface area contributed by atoms with Gasteiger partial charge in [0.1, 0.15) is 5.82 Å². The molecule has 1 saturated heterocycles. The van der Waals surface area contributed by atoms with Crippen LogP contribution in [0.2, 0.25) is 0 Å². The number of halogens is 1. The first-order chi connectivity index (χ1) is 13.4. The van der Waals surface area contributed by atoms with Crippen molar-refractivity contribution < 1.29 is 17.9 Å². The van der Waals surface area contributed by atoms with Gasteiger partial charge in [0.15, 0.2) is 9.84 Å². The van der Waals surface area contributed by atoms with E-state index in [0.717, 1.165) is 4.57 Å². The van der Waals surface area contributed by atoms with Crippen LogP contribution in [0.4, 0.5) is 4.39 Å². The number of benzene rings is 2. The van der Waals surface area contributed by atoms with Crippen LogP contribution in [0.25, 0.3) is 16.5 Å². The summed E-state index contributed by atoms with van der Waals surface area (Å²) in [6.45, 7) is 0. The molecule has 0 radical (unpaired) electrons.